The summed E-state index contributed by atoms with van der Waals surface area (Å²) in [4.78, 5) is 0. The summed E-state index contributed by atoms with van der Waals surface area (Å²) in [5.74, 6) is 0.972. The second-order valence-electron chi connectivity index (χ2n) is 3.11. The van der Waals surface area contributed by atoms with Crippen molar-refractivity contribution in [2.24, 2.45) is 0 Å². The van der Waals surface area contributed by atoms with Gasteiger partial charge in [0.1, 0.15) is 5.75 Å². The zero-order chi connectivity index (χ0) is 9.97. The fraction of sp³-hybridized carbons (Fsp3) is 0.167. The van der Waals surface area contributed by atoms with Crippen LogP contribution in [0.3, 0.4) is 0 Å². The maximum absolute atomic E-state index is 5.42. The van der Waals surface area contributed by atoms with E-state index < -0.39 is 0 Å². The molecule has 2 rings (SSSR count). The van der Waals surface area contributed by atoms with Gasteiger partial charge in [0.2, 0.25) is 0 Å². The van der Waals surface area contributed by atoms with Crippen LogP contribution in [0.25, 0.3) is 10.8 Å². The Morgan fingerprint density at radius 1 is 1.14 bits per heavy atom. The third-order valence-corrected chi connectivity index (χ3v) is 2.91. The Morgan fingerprint density at radius 3 is 2.64 bits per heavy atom. The molecule has 0 aliphatic carbocycles. The average Bonchev–Trinajstić information content (AvgIpc) is 2.27. The van der Waals surface area contributed by atoms with Gasteiger partial charge < -0.3 is 4.74 Å². The largest absolute Gasteiger partial charge is 0.496 e. The summed E-state index contributed by atoms with van der Waals surface area (Å²) in [6.07, 6.45) is 0. The number of rotatable bonds is 2. The van der Waals surface area contributed by atoms with Gasteiger partial charge in [0.05, 0.1) is 7.11 Å². The van der Waals surface area contributed by atoms with Crippen molar-refractivity contribution in [1.29, 1.82) is 0 Å². The standard InChI is InChI=1S/C12H11BrO/c1-14-12-10(8-13)7-6-9-4-2-3-5-11(9)12/h2-7H,8H2,1H3. The Kier molecular flexibility index (Phi) is 2.73. The van der Waals surface area contributed by atoms with Crippen molar-refractivity contribution in [2.75, 3.05) is 7.11 Å². The van der Waals surface area contributed by atoms with Gasteiger partial charge in [-0.05, 0) is 5.39 Å². The minimum atomic E-state index is 0.820. The molecule has 0 saturated heterocycles. The third-order valence-electron chi connectivity index (χ3n) is 2.31. The minimum absolute atomic E-state index is 0.820. The summed E-state index contributed by atoms with van der Waals surface area (Å²) in [7, 11) is 1.72. The molecule has 2 heteroatoms. The van der Waals surface area contributed by atoms with Crippen LogP contribution in [-0.2, 0) is 5.33 Å². The fourth-order valence-electron chi connectivity index (χ4n) is 1.63. The van der Waals surface area contributed by atoms with Crippen molar-refractivity contribution in [3.63, 3.8) is 0 Å². The molecular formula is C12H11BrO. The van der Waals surface area contributed by atoms with Gasteiger partial charge in [-0.15, -0.1) is 0 Å². The van der Waals surface area contributed by atoms with E-state index in [1.54, 1.807) is 7.11 Å². The number of fused-ring (bicyclic) bond motifs is 1. The van der Waals surface area contributed by atoms with Crippen molar-refractivity contribution in [3.05, 3.63) is 42.0 Å². The highest BCUT2D eigenvalue weighted by Crippen LogP contribution is 2.30. The molecule has 0 unspecified atom stereocenters. The molecule has 0 N–H and O–H groups in total. The predicted octanol–water partition coefficient (Wildman–Crippen LogP) is 3.74. The summed E-state index contributed by atoms with van der Waals surface area (Å²) in [5, 5.41) is 3.21. The van der Waals surface area contributed by atoms with Crippen molar-refractivity contribution < 1.29 is 4.74 Å². The van der Waals surface area contributed by atoms with Crippen LogP contribution < -0.4 is 4.74 Å². The molecule has 2 aromatic rings. The normalized spacial score (nSPS) is 10.4. The van der Waals surface area contributed by atoms with E-state index in [-0.39, 0.29) is 0 Å². The highest BCUT2D eigenvalue weighted by Gasteiger charge is 2.05. The molecule has 0 aromatic heterocycles. The first-order chi connectivity index (χ1) is 6.86. The molecule has 72 valence electrons. The molecule has 1 nitrogen and oxygen atoms in total. The number of alkyl halides is 1. The van der Waals surface area contributed by atoms with Crippen molar-refractivity contribution in [2.45, 2.75) is 5.33 Å². The second kappa shape index (κ2) is 4.01. The predicted molar refractivity (Wildman–Crippen MR) is 63.1 cm³/mol. The molecule has 0 saturated carbocycles. The minimum Gasteiger partial charge on any atom is -0.496 e. The molecule has 14 heavy (non-hydrogen) atoms. The van der Waals surface area contributed by atoms with E-state index in [2.05, 4.69) is 40.2 Å². The molecule has 0 spiro atoms. The zero-order valence-corrected chi connectivity index (χ0v) is 9.54. The number of benzene rings is 2. The highest BCUT2D eigenvalue weighted by atomic mass is 79.9. The Balaban J connectivity index is 2.77. The second-order valence-corrected chi connectivity index (χ2v) is 3.67. The highest BCUT2D eigenvalue weighted by molar-refractivity contribution is 9.08. The van der Waals surface area contributed by atoms with Gasteiger partial charge in [0.15, 0.2) is 0 Å². The molecule has 0 aliphatic heterocycles. The SMILES string of the molecule is COc1c(CBr)ccc2ccccc12. The monoisotopic (exact) mass is 250 g/mol. The van der Waals surface area contributed by atoms with E-state index in [9.17, 15) is 0 Å². The summed E-state index contributed by atoms with van der Waals surface area (Å²) in [5.41, 5.74) is 1.19. The van der Waals surface area contributed by atoms with Gasteiger partial charge in [-0.25, -0.2) is 0 Å². The number of halogens is 1. The molecule has 0 aliphatic rings. The van der Waals surface area contributed by atoms with Gasteiger partial charge >= 0.3 is 0 Å². The molecule has 0 atom stereocenters. The van der Waals surface area contributed by atoms with E-state index >= 15 is 0 Å². The number of hydrogen-bond acceptors (Lipinski definition) is 1. The van der Waals surface area contributed by atoms with E-state index in [1.807, 2.05) is 12.1 Å². The maximum atomic E-state index is 5.42. The fourth-order valence-corrected chi connectivity index (χ4v) is 2.08. The lowest BCUT2D eigenvalue weighted by Gasteiger charge is -2.09. The van der Waals surface area contributed by atoms with Gasteiger partial charge in [0, 0.05) is 16.3 Å². The summed E-state index contributed by atoms with van der Waals surface area (Å²) in [6.45, 7) is 0. The average molecular weight is 251 g/mol. The van der Waals surface area contributed by atoms with Gasteiger partial charge in [-0.1, -0.05) is 52.3 Å². The lowest BCUT2D eigenvalue weighted by atomic mass is 10.1. The van der Waals surface area contributed by atoms with Crippen molar-refractivity contribution in [3.8, 4) is 5.75 Å². The van der Waals surface area contributed by atoms with Crippen LogP contribution in [0.1, 0.15) is 5.56 Å². The lowest BCUT2D eigenvalue weighted by Crippen LogP contribution is -1.90. The van der Waals surface area contributed by atoms with Crippen molar-refractivity contribution >= 4 is 26.7 Å². The molecule has 0 fully saturated rings. The Labute approximate surface area is 91.8 Å². The Hall–Kier alpha value is -1.02. The Bertz CT molecular complexity index is 451. The van der Waals surface area contributed by atoms with Crippen LogP contribution in [0.2, 0.25) is 0 Å². The summed E-state index contributed by atoms with van der Waals surface area (Å²) < 4.78 is 5.42. The maximum Gasteiger partial charge on any atom is 0.130 e. The van der Waals surface area contributed by atoms with E-state index in [0.717, 1.165) is 11.1 Å². The first-order valence-corrected chi connectivity index (χ1v) is 5.59. The number of methoxy groups -OCH3 is 1. The van der Waals surface area contributed by atoms with Gasteiger partial charge in [-0.2, -0.15) is 0 Å². The molecule has 2 aromatic carbocycles. The zero-order valence-electron chi connectivity index (χ0n) is 7.96. The lowest BCUT2D eigenvalue weighted by molar-refractivity contribution is 0.416. The van der Waals surface area contributed by atoms with E-state index in [4.69, 9.17) is 4.74 Å². The Morgan fingerprint density at radius 2 is 1.93 bits per heavy atom. The van der Waals surface area contributed by atoms with Gasteiger partial charge in [0.25, 0.3) is 0 Å². The first-order valence-electron chi connectivity index (χ1n) is 4.47. The van der Waals surface area contributed by atoms with Crippen LogP contribution in [0.5, 0.6) is 5.75 Å². The van der Waals surface area contributed by atoms with Crippen LogP contribution >= 0.6 is 15.9 Å². The third kappa shape index (κ3) is 1.50. The molecule has 0 heterocycles. The van der Waals surface area contributed by atoms with Crippen LogP contribution in [-0.4, -0.2) is 7.11 Å². The van der Waals surface area contributed by atoms with E-state index in [0.29, 0.717) is 0 Å². The smallest absolute Gasteiger partial charge is 0.130 e. The van der Waals surface area contributed by atoms with Crippen LogP contribution in [0.4, 0.5) is 0 Å². The first kappa shape index (κ1) is 9.53. The quantitative estimate of drug-likeness (QED) is 0.738. The topological polar surface area (TPSA) is 9.23 Å². The number of ether oxygens (including phenoxy) is 1. The molecule has 0 amide bonds. The summed E-state index contributed by atoms with van der Waals surface area (Å²) >= 11 is 3.45. The van der Waals surface area contributed by atoms with E-state index in [1.165, 1.54) is 16.3 Å². The van der Waals surface area contributed by atoms with Crippen molar-refractivity contribution in [1.82, 2.24) is 0 Å². The van der Waals surface area contributed by atoms with Crippen LogP contribution in [0, 0.1) is 0 Å². The molecular weight excluding hydrogens is 240 g/mol. The molecule has 0 bridgehead atoms. The number of hydrogen-bond donors (Lipinski definition) is 0. The molecule has 0 radical (unpaired) electrons. The summed E-state index contributed by atoms with van der Waals surface area (Å²) in [6, 6.07) is 12.5. The van der Waals surface area contributed by atoms with Crippen LogP contribution in [0.15, 0.2) is 36.4 Å². The van der Waals surface area contributed by atoms with Gasteiger partial charge in [-0.3, -0.25) is 0 Å².